The van der Waals surface area contributed by atoms with E-state index in [1.165, 1.54) is 10.9 Å². The second-order valence-corrected chi connectivity index (χ2v) is 3.97. The zero-order valence-corrected chi connectivity index (χ0v) is 11.6. The number of hydrogen-bond donors (Lipinski definition) is 1. The third kappa shape index (κ3) is 2.50. The maximum atomic E-state index is 11.6. The van der Waals surface area contributed by atoms with Gasteiger partial charge in [-0.05, 0) is 19.1 Å². The lowest BCUT2D eigenvalue weighted by Crippen LogP contribution is -2.03. The van der Waals surface area contributed by atoms with Crippen LogP contribution in [0.4, 0.5) is 0 Å². The summed E-state index contributed by atoms with van der Waals surface area (Å²) >= 11 is 0. The Morgan fingerprint density at radius 2 is 2.20 bits per heavy atom. The predicted octanol–water partition coefficient (Wildman–Crippen LogP) is 2.35. The fraction of sp³-hybridized carbons (Fsp3) is 0.154. The number of esters is 1. The van der Waals surface area contributed by atoms with Crippen molar-refractivity contribution < 1.29 is 9.53 Å². The van der Waals surface area contributed by atoms with Gasteiger partial charge in [0.25, 0.3) is 0 Å². The number of H-pyrrole nitrogens is 1. The predicted molar refractivity (Wildman–Crippen MR) is 76.4 cm³/mol. The molecule has 6 nitrogen and oxygen atoms in total. The number of nitrogens with zero attached hydrogens (tertiary/aromatic N) is 3. The summed E-state index contributed by atoms with van der Waals surface area (Å²) in [5.41, 5.74) is 2.18. The van der Waals surface area contributed by atoms with E-state index in [-0.39, 0.29) is 18.4 Å². The van der Waals surface area contributed by atoms with E-state index in [2.05, 4.69) is 15.1 Å². The average Bonchev–Trinajstić information content (AvgIpc) is 3.05. The minimum atomic E-state index is -0.384. The number of ether oxygens (including phenoxy) is 1. The molecule has 2 aromatic heterocycles. The Hall–Kier alpha value is -2.34. The minimum Gasteiger partial charge on any atom is -0.462 e. The molecule has 0 spiro atoms. The SMILES string of the molecule is CCOC(=O)c1cnn(-c2nc3ccccc3[nH]2)c1.Cl. The maximum absolute atomic E-state index is 11.6. The molecule has 2 heterocycles. The molecule has 3 rings (SSSR count). The number of carbonyl (C=O) groups is 1. The lowest BCUT2D eigenvalue weighted by molar-refractivity contribution is 0.0526. The van der Waals surface area contributed by atoms with Gasteiger partial charge in [-0.2, -0.15) is 5.10 Å². The first-order valence-corrected chi connectivity index (χ1v) is 5.95. The molecule has 0 saturated heterocycles. The molecule has 7 heteroatoms. The largest absolute Gasteiger partial charge is 0.462 e. The summed E-state index contributed by atoms with van der Waals surface area (Å²) in [5, 5.41) is 4.11. The molecule has 1 aromatic carbocycles. The third-order valence-corrected chi connectivity index (χ3v) is 2.69. The van der Waals surface area contributed by atoms with Crippen molar-refractivity contribution in [2.45, 2.75) is 6.92 Å². The number of imidazole rings is 1. The molecule has 0 amide bonds. The summed E-state index contributed by atoms with van der Waals surface area (Å²) in [5.74, 6) is 0.182. The van der Waals surface area contributed by atoms with Crippen LogP contribution in [0.1, 0.15) is 17.3 Å². The van der Waals surface area contributed by atoms with Crippen molar-refractivity contribution in [1.29, 1.82) is 0 Å². The fourth-order valence-corrected chi connectivity index (χ4v) is 1.81. The van der Waals surface area contributed by atoms with Gasteiger partial charge in [-0.25, -0.2) is 14.5 Å². The monoisotopic (exact) mass is 292 g/mol. The van der Waals surface area contributed by atoms with E-state index in [1.54, 1.807) is 13.1 Å². The van der Waals surface area contributed by atoms with Crippen LogP contribution >= 0.6 is 12.4 Å². The van der Waals surface area contributed by atoms with E-state index in [4.69, 9.17) is 4.74 Å². The molecule has 0 aliphatic carbocycles. The highest BCUT2D eigenvalue weighted by Crippen LogP contribution is 2.13. The molecule has 104 valence electrons. The van der Waals surface area contributed by atoms with E-state index >= 15 is 0 Å². The number of halogens is 1. The van der Waals surface area contributed by atoms with Crippen LogP contribution in [0.3, 0.4) is 0 Å². The number of para-hydroxylation sites is 2. The molecular formula is C13H13ClN4O2. The Morgan fingerprint density at radius 1 is 1.40 bits per heavy atom. The number of rotatable bonds is 3. The molecule has 0 aliphatic rings. The van der Waals surface area contributed by atoms with Crippen LogP contribution in [-0.2, 0) is 4.74 Å². The molecule has 3 aromatic rings. The molecule has 0 radical (unpaired) electrons. The second-order valence-electron chi connectivity index (χ2n) is 3.97. The van der Waals surface area contributed by atoms with Gasteiger partial charge in [0.1, 0.15) is 0 Å². The number of hydrogen-bond acceptors (Lipinski definition) is 4. The summed E-state index contributed by atoms with van der Waals surface area (Å²) in [6, 6.07) is 7.68. The summed E-state index contributed by atoms with van der Waals surface area (Å²) in [4.78, 5) is 19.1. The Morgan fingerprint density at radius 3 is 2.95 bits per heavy atom. The lowest BCUT2D eigenvalue weighted by Gasteiger charge is -1.96. The van der Waals surface area contributed by atoms with Crippen molar-refractivity contribution in [3.05, 3.63) is 42.2 Å². The first kappa shape index (κ1) is 14.1. The number of nitrogens with one attached hydrogen (secondary N) is 1. The molecule has 0 saturated carbocycles. The van der Waals surface area contributed by atoms with E-state index in [0.717, 1.165) is 11.0 Å². The van der Waals surface area contributed by atoms with Gasteiger partial charge in [-0.15, -0.1) is 12.4 Å². The van der Waals surface area contributed by atoms with Gasteiger partial charge in [0.15, 0.2) is 0 Å². The first-order chi connectivity index (χ1) is 9.28. The molecule has 1 N–H and O–H groups in total. The van der Waals surface area contributed by atoms with Gasteiger partial charge >= 0.3 is 5.97 Å². The summed E-state index contributed by atoms with van der Waals surface area (Å²) in [7, 11) is 0. The smallest absolute Gasteiger partial charge is 0.341 e. The van der Waals surface area contributed by atoms with Crippen molar-refractivity contribution in [2.24, 2.45) is 0 Å². The standard InChI is InChI=1S/C13H12N4O2.ClH/c1-2-19-12(18)9-7-14-17(8-9)13-15-10-5-3-4-6-11(10)16-13;/h3-8H,2H2,1H3,(H,15,16);1H. The van der Waals surface area contributed by atoms with Crippen LogP contribution < -0.4 is 0 Å². The highest BCUT2D eigenvalue weighted by atomic mass is 35.5. The Balaban J connectivity index is 0.00000147. The van der Waals surface area contributed by atoms with Crippen LogP contribution in [0.2, 0.25) is 0 Å². The molecule has 0 unspecified atom stereocenters. The van der Waals surface area contributed by atoms with Crippen molar-refractivity contribution in [1.82, 2.24) is 19.7 Å². The van der Waals surface area contributed by atoms with E-state index in [1.807, 2.05) is 24.3 Å². The summed E-state index contributed by atoms with van der Waals surface area (Å²) in [6.45, 7) is 2.11. The molecule has 20 heavy (non-hydrogen) atoms. The summed E-state index contributed by atoms with van der Waals surface area (Å²) < 4.78 is 6.43. The molecule has 0 aliphatic heterocycles. The fourth-order valence-electron chi connectivity index (χ4n) is 1.81. The second kappa shape index (κ2) is 5.75. The van der Waals surface area contributed by atoms with Crippen LogP contribution in [0.25, 0.3) is 17.0 Å². The summed E-state index contributed by atoms with van der Waals surface area (Å²) in [6.07, 6.45) is 3.06. The lowest BCUT2D eigenvalue weighted by atomic mass is 10.3. The van der Waals surface area contributed by atoms with Crippen molar-refractivity contribution in [2.75, 3.05) is 6.61 Å². The Kier molecular flexibility index (Phi) is 4.05. The third-order valence-electron chi connectivity index (χ3n) is 2.69. The molecule has 0 bridgehead atoms. The van der Waals surface area contributed by atoms with Crippen LogP contribution in [-0.4, -0.2) is 32.3 Å². The number of benzene rings is 1. The van der Waals surface area contributed by atoms with Gasteiger partial charge in [0.05, 0.1) is 29.4 Å². The van der Waals surface area contributed by atoms with E-state index in [9.17, 15) is 4.79 Å². The van der Waals surface area contributed by atoms with Crippen molar-refractivity contribution in [3.63, 3.8) is 0 Å². The quantitative estimate of drug-likeness (QED) is 0.752. The maximum Gasteiger partial charge on any atom is 0.341 e. The Bertz CT molecular complexity index is 702. The zero-order valence-electron chi connectivity index (χ0n) is 10.7. The van der Waals surface area contributed by atoms with Crippen molar-refractivity contribution >= 4 is 29.4 Å². The van der Waals surface area contributed by atoms with E-state index in [0.29, 0.717) is 18.1 Å². The number of carbonyl (C=O) groups excluding carboxylic acids is 1. The number of aromatic amines is 1. The number of aromatic nitrogens is 4. The zero-order chi connectivity index (χ0) is 13.2. The van der Waals surface area contributed by atoms with Gasteiger partial charge in [-0.1, -0.05) is 12.1 Å². The van der Waals surface area contributed by atoms with E-state index < -0.39 is 0 Å². The molecular weight excluding hydrogens is 280 g/mol. The highest BCUT2D eigenvalue weighted by molar-refractivity contribution is 5.88. The van der Waals surface area contributed by atoms with Gasteiger partial charge in [0, 0.05) is 6.20 Å². The normalized spacial score (nSPS) is 10.2. The molecule has 0 fully saturated rings. The van der Waals surface area contributed by atoms with Crippen LogP contribution in [0.15, 0.2) is 36.7 Å². The first-order valence-electron chi connectivity index (χ1n) is 5.95. The van der Waals surface area contributed by atoms with Gasteiger partial charge in [0.2, 0.25) is 5.95 Å². The topological polar surface area (TPSA) is 72.8 Å². The average molecular weight is 293 g/mol. The molecule has 0 atom stereocenters. The van der Waals surface area contributed by atoms with Gasteiger partial charge in [-0.3, -0.25) is 0 Å². The van der Waals surface area contributed by atoms with Crippen LogP contribution in [0, 0.1) is 0 Å². The number of fused-ring (bicyclic) bond motifs is 1. The minimum absolute atomic E-state index is 0. The van der Waals surface area contributed by atoms with Crippen LogP contribution in [0.5, 0.6) is 0 Å². The highest BCUT2D eigenvalue weighted by Gasteiger charge is 2.11. The Labute approximate surface area is 121 Å². The van der Waals surface area contributed by atoms with Gasteiger partial charge < -0.3 is 9.72 Å². The van der Waals surface area contributed by atoms with Crippen molar-refractivity contribution in [3.8, 4) is 5.95 Å².